The summed E-state index contributed by atoms with van der Waals surface area (Å²) in [6.07, 6.45) is 1.44. The van der Waals surface area contributed by atoms with Crippen LogP contribution >= 0.6 is 0 Å². The lowest BCUT2D eigenvalue weighted by atomic mass is 9.91. The number of benzene rings is 1. The lowest BCUT2D eigenvalue weighted by Gasteiger charge is -2.35. The number of carbonyl (C=O) groups is 2. The molecule has 12 nitrogen and oxygen atoms in total. The number of H-pyrrole nitrogens is 1. The number of aromatic nitrogens is 4. The van der Waals surface area contributed by atoms with E-state index in [1.807, 2.05) is 14.1 Å². The summed E-state index contributed by atoms with van der Waals surface area (Å²) in [4.78, 5) is 42.1. The van der Waals surface area contributed by atoms with Crippen LogP contribution in [0.5, 0.6) is 0 Å². The first-order chi connectivity index (χ1) is 18.6. The molecule has 0 bridgehead atoms. The van der Waals surface area contributed by atoms with Crippen molar-refractivity contribution in [2.45, 2.75) is 19.6 Å². The van der Waals surface area contributed by atoms with Crippen LogP contribution in [0.1, 0.15) is 25.5 Å². The molecule has 2 aromatic heterocycles. The minimum atomic E-state index is -1.05. The monoisotopic (exact) mass is 541 g/mol. The summed E-state index contributed by atoms with van der Waals surface area (Å²) in [7, 11) is 3.96. The molecule has 3 aromatic rings. The van der Waals surface area contributed by atoms with Crippen LogP contribution in [0.3, 0.4) is 0 Å². The van der Waals surface area contributed by atoms with Crippen molar-refractivity contribution in [2.75, 3.05) is 52.3 Å². The summed E-state index contributed by atoms with van der Waals surface area (Å²) in [6.45, 7) is 3.10. The van der Waals surface area contributed by atoms with Crippen molar-refractivity contribution < 1.29 is 28.6 Å². The van der Waals surface area contributed by atoms with Crippen LogP contribution < -0.4 is 10.6 Å². The van der Waals surface area contributed by atoms with E-state index < -0.39 is 23.5 Å². The number of amides is 1. The predicted molar refractivity (Wildman–Crippen MR) is 140 cm³/mol. The van der Waals surface area contributed by atoms with E-state index in [4.69, 9.17) is 14.6 Å². The predicted octanol–water partition coefficient (Wildman–Crippen LogP) is 2.29. The molecule has 39 heavy (non-hydrogen) atoms. The second kappa shape index (κ2) is 12.3. The molecule has 0 aliphatic carbocycles. The Bertz CT molecular complexity index is 1290. The lowest BCUT2D eigenvalue weighted by Crippen LogP contribution is -2.49. The fourth-order valence-electron chi connectivity index (χ4n) is 3.95. The zero-order valence-corrected chi connectivity index (χ0v) is 22.0. The van der Waals surface area contributed by atoms with E-state index in [-0.39, 0.29) is 31.6 Å². The fraction of sp³-hybridized carbons (Fsp3) is 0.423. The number of carbonyl (C=O) groups excluding carboxylic acids is 1. The molecule has 1 aliphatic heterocycles. The molecule has 13 heteroatoms. The summed E-state index contributed by atoms with van der Waals surface area (Å²) in [5.41, 5.74) is 1.13. The third-order valence-corrected chi connectivity index (χ3v) is 6.09. The molecular formula is C26H32FN7O5. The second-order valence-electron chi connectivity index (χ2n) is 9.79. The first-order valence-corrected chi connectivity index (χ1v) is 12.5. The number of carboxylic acid groups (broad SMARTS) is 1. The number of halogens is 1. The Hall–Kier alpha value is -3.94. The Morgan fingerprint density at radius 2 is 1.90 bits per heavy atom. The summed E-state index contributed by atoms with van der Waals surface area (Å²) in [5, 5.41) is 14.5. The van der Waals surface area contributed by atoms with Gasteiger partial charge >= 0.3 is 5.97 Å². The van der Waals surface area contributed by atoms with Gasteiger partial charge in [0, 0.05) is 18.3 Å². The summed E-state index contributed by atoms with van der Waals surface area (Å²) >= 11 is 0. The highest BCUT2D eigenvalue weighted by atomic mass is 19.1. The van der Waals surface area contributed by atoms with Gasteiger partial charge in [0.25, 0.3) is 0 Å². The lowest BCUT2D eigenvalue weighted by molar-refractivity contribution is -0.231. The average Bonchev–Trinajstić information content (AvgIpc) is 3.36. The maximum absolute atomic E-state index is 13.6. The highest BCUT2D eigenvalue weighted by Crippen LogP contribution is 2.35. The number of nitrogens with zero attached hydrogens (tertiary/aromatic N) is 4. The molecule has 0 spiro atoms. The van der Waals surface area contributed by atoms with Gasteiger partial charge in [0.2, 0.25) is 18.1 Å². The fourth-order valence-corrected chi connectivity index (χ4v) is 3.95. The molecular weight excluding hydrogens is 509 g/mol. The number of ether oxygens (including phenoxy) is 2. The van der Waals surface area contributed by atoms with Crippen LogP contribution in [0.4, 0.5) is 10.3 Å². The molecule has 0 saturated carbocycles. The zero-order valence-electron chi connectivity index (χ0n) is 22.0. The van der Waals surface area contributed by atoms with Gasteiger partial charge in [0.05, 0.1) is 35.7 Å². The van der Waals surface area contributed by atoms with Gasteiger partial charge < -0.3 is 35.1 Å². The summed E-state index contributed by atoms with van der Waals surface area (Å²) < 4.78 is 25.5. The van der Waals surface area contributed by atoms with Crippen molar-refractivity contribution in [1.29, 1.82) is 0 Å². The highest BCUT2D eigenvalue weighted by molar-refractivity contribution is 5.82. The molecule has 208 valence electrons. The van der Waals surface area contributed by atoms with Crippen LogP contribution in [0.15, 0.2) is 36.5 Å². The van der Waals surface area contributed by atoms with Gasteiger partial charge in [0.1, 0.15) is 12.4 Å². The Morgan fingerprint density at radius 3 is 2.56 bits per heavy atom. The quantitative estimate of drug-likeness (QED) is 0.266. The van der Waals surface area contributed by atoms with Gasteiger partial charge in [-0.15, -0.1) is 0 Å². The van der Waals surface area contributed by atoms with E-state index in [0.717, 1.165) is 13.0 Å². The van der Waals surface area contributed by atoms with Gasteiger partial charge in [-0.25, -0.2) is 19.3 Å². The number of aromatic amines is 1. The molecule has 0 atom stereocenters. The van der Waals surface area contributed by atoms with Crippen molar-refractivity contribution in [2.24, 2.45) is 5.41 Å². The number of hydrogen-bond acceptors (Lipinski definition) is 9. The van der Waals surface area contributed by atoms with E-state index in [1.165, 1.54) is 18.3 Å². The van der Waals surface area contributed by atoms with E-state index in [2.05, 4.69) is 35.5 Å². The molecule has 1 aromatic carbocycles. The second-order valence-corrected chi connectivity index (χ2v) is 9.79. The molecule has 1 aliphatic rings. The zero-order chi connectivity index (χ0) is 28.0. The summed E-state index contributed by atoms with van der Waals surface area (Å²) in [5.74, 6) is -1.13. The third kappa shape index (κ3) is 7.13. The topological polar surface area (TPSA) is 155 Å². The first kappa shape index (κ1) is 28.1. The number of imidazole rings is 1. The van der Waals surface area contributed by atoms with Crippen LogP contribution in [0, 0.1) is 11.2 Å². The van der Waals surface area contributed by atoms with Gasteiger partial charge in [-0.1, -0.05) is 0 Å². The summed E-state index contributed by atoms with van der Waals surface area (Å²) in [6, 6.07) is 7.46. The Kier molecular flexibility index (Phi) is 8.84. The molecule has 4 N–H and O–H groups in total. The van der Waals surface area contributed by atoms with Crippen molar-refractivity contribution in [3.63, 3.8) is 0 Å². The highest BCUT2D eigenvalue weighted by Gasteiger charge is 2.40. The Morgan fingerprint density at radius 1 is 1.18 bits per heavy atom. The molecule has 1 fully saturated rings. The maximum Gasteiger partial charge on any atom is 0.322 e. The van der Waals surface area contributed by atoms with Crippen molar-refractivity contribution in [3.05, 3.63) is 48.2 Å². The average molecular weight is 542 g/mol. The van der Waals surface area contributed by atoms with Crippen LogP contribution in [0.25, 0.3) is 22.6 Å². The largest absolute Gasteiger partial charge is 0.480 e. The van der Waals surface area contributed by atoms with Crippen molar-refractivity contribution in [3.8, 4) is 22.6 Å². The molecule has 4 rings (SSSR count). The number of nitrogens with one attached hydrogen (secondary N) is 3. The number of aliphatic carboxylic acids is 1. The molecule has 0 radical (unpaired) electrons. The van der Waals surface area contributed by atoms with E-state index in [1.54, 1.807) is 25.1 Å². The minimum Gasteiger partial charge on any atom is -0.480 e. The first-order valence-electron chi connectivity index (χ1n) is 12.5. The standard InChI is InChI=1S/C26H32FN7O5/c1-26(24(37)28-10-4-12-34(2)3)14-38-23(39-15-26)22-32-20(16-5-7-17(27)8-6-16)21(33-22)18-9-11-29-25(31-18)30-13-19(35)36/h5-9,11,23H,4,10,12-15H2,1-3H3,(H,28,37)(H,32,33)(H,35,36)(H,29,30,31). The van der Waals surface area contributed by atoms with E-state index in [9.17, 15) is 14.0 Å². The third-order valence-electron chi connectivity index (χ3n) is 6.09. The SMILES string of the molecule is CN(C)CCCNC(=O)C1(C)COC(c2nc(-c3ccc(F)cc3)c(-c3ccnc(NCC(=O)O)n3)[nH]2)OC1. The maximum atomic E-state index is 13.6. The molecule has 3 heterocycles. The number of hydrogen-bond donors (Lipinski definition) is 4. The molecule has 0 unspecified atom stereocenters. The Labute approximate surface area is 225 Å². The Balaban J connectivity index is 1.54. The van der Waals surface area contributed by atoms with Crippen LogP contribution in [-0.2, 0) is 19.1 Å². The van der Waals surface area contributed by atoms with Gasteiger partial charge in [-0.3, -0.25) is 9.59 Å². The molecule has 1 saturated heterocycles. The van der Waals surface area contributed by atoms with Gasteiger partial charge in [-0.05, 0) is 64.3 Å². The smallest absolute Gasteiger partial charge is 0.322 e. The van der Waals surface area contributed by atoms with Gasteiger partial charge in [0.15, 0.2) is 5.82 Å². The van der Waals surface area contributed by atoms with Crippen LogP contribution in [-0.4, -0.2) is 88.8 Å². The van der Waals surface area contributed by atoms with Crippen molar-refractivity contribution >= 4 is 17.8 Å². The van der Waals surface area contributed by atoms with E-state index >= 15 is 0 Å². The normalized spacial score (nSPS) is 19.2. The van der Waals surface area contributed by atoms with Crippen LogP contribution in [0.2, 0.25) is 0 Å². The number of carboxylic acids is 1. The molecule has 1 amide bonds. The van der Waals surface area contributed by atoms with Crippen molar-refractivity contribution in [1.82, 2.24) is 30.2 Å². The number of rotatable bonds is 11. The van der Waals surface area contributed by atoms with E-state index in [0.29, 0.717) is 35.0 Å². The number of anilines is 1. The van der Waals surface area contributed by atoms with Gasteiger partial charge in [-0.2, -0.15) is 0 Å². The minimum absolute atomic E-state index is 0.119.